The SMILES string of the molecule is CC1Cc2c(C3CC3)noc2-c2cncn21. The normalized spacial score (nSPS) is 22.9. The summed E-state index contributed by atoms with van der Waals surface area (Å²) >= 11 is 0. The lowest BCUT2D eigenvalue weighted by atomic mass is 9.97. The van der Waals surface area contributed by atoms with Gasteiger partial charge in [-0.25, -0.2) is 4.98 Å². The Kier molecular flexibility index (Phi) is 1.47. The summed E-state index contributed by atoms with van der Waals surface area (Å²) in [6.07, 6.45) is 7.31. The Morgan fingerprint density at radius 2 is 2.31 bits per heavy atom. The van der Waals surface area contributed by atoms with Gasteiger partial charge in [-0.3, -0.25) is 0 Å². The predicted octanol–water partition coefficient (Wildman–Crippen LogP) is 2.53. The number of nitrogens with zero attached hydrogens (tertiary/aromatic N) is 3. The second-order valence-electron chi connectivity index (χ2n) is 4.89. The maximum Gasteiger partial charge on any atom is 0.188 e. The molecule has 0 bridgehead atoms. The summed E-state index contributed by atoms with van der Waals surface area (Å²) in [6.45, 7) is 2.22. The molecule has 1 atom stereocenters. The van der Waals surface area contributed by atoms with Gasteiger partial charge < -0.3 is 9.09 Å². The van der Waals surface area contributed by atoms with Crippen molar-refractivity contribution < 1.29 is 4.52 Å². The number of fused-ring (bicyclic) bond motifs is 3. The molecule has 1 saturated carbocycles. The summed E-state index contributed by atoms with van der Waals surface area (Å²) in [7, 11) is 0. The quantitative estimate of drug-likeness (QED) is 0.734. The van der Waals surface area contributed by atoms with Crippen LogP contribution in [0.4, 0.5) is 0 Å². The first-order valence-corrected chi connectivity index (χ1v) is 5.85. The molecule has 0 radical (unpaired) electrons. The molecule has 2 aromatic rings. The molecule has 82 valence electrons. The molecule has 1 aliphatic heterocycles. The van der Waals surface area contributed by atoms with Gasteiger partial charge >= 0.3 is 0 Å². The van der Waals surface area contributed by atoms with Crippen molar-refractivity contribution in [2.24, 2.45) is 0 Å². The molecule has 0 amide bonds. The first-order chi connectivity index (χ1) is 7.84. The first kappa shape index (κ1) is 8.56. The van der Waals surface area contributed by atoms with E-state index in [1.807, 2.05) is 12.5 Å². The van der Waals surface area contributed by atoms with Crippen LogP contribution in [0.25, 0.3) is 11.5 Å². The smallest absolute Gasteiger partial charge is 0.188 e. The Morgan fingerprint density at radius 1 is 1.44 bits per heavy atom. The molecule has 4 heteroatoms. The van der Waals surface area contributed by atoms with Gasteiger partial charge in [0.05, 0.1) is 18.2 Å². The minimum atomic E-state index is 0.460. The van der Waals surface area contributed by atoms with E-state index >= 15 is 0 Å². The molecule has 0 N–H and O–H groups in total. The third-order valence-electron chi connectivity index (χ3n) is 3.66. The molecule has 16 heavy (non-hydrogen) atoms. The summed E-state index contributed by atoms with van der Waals surface area (Å²) in [4.78, 5) is 4.20. The van der Waals surface area contributed by atoms with Crippen LogP contribution in [0.15, 0.2) is 17.0 Å². The fourth-order valence-corrected chi connectivity index (χ4v) is 2.62. The van der Waals surface area contributed by atoms with Crippen molar-refractivity contribution in [3.8, 4) is 11.5 Å². The molecule has 0 saturated heterocycles. The average Bonchev–Trinajstić information content (AvgIpc) is 2.85. The highest BCUT2D eigenvalue weighted by Gasteiger charge is 2.35. The largest absolute Gasteiger partial charge is 0.354 e. The Hall–Kier alpha value is -1.58. The molecule has 0 spiro atoms. The monoisotopic (exact) mass is 215 g/mol. The van der Waals surface area contributed by atoms with Gasteiger partial charge in [0.1, 0.15) is 5.69 Å². The summed E-state index contributed by atoms with van der Waals surface area (Å²) in [5, 5.41) is 4.26. The Balaban J connectivity index is 1.94. The highest BCUT2D eigenvalue weighted by atomic mass is 16.5. The van der Waals surface area contributed by atoms with Crippen molar-refractivity contribution in [3.63, 3.8) is 0 Å². The highest BCUT2D eigenvalue weighted by Crippen LogP contribution is 2.46. The van der Waals surface area contributed by atoms with E-state index in [2.05, 4.69) is 21.6 Å². The van der Waals surface area contributed by atoms with Crippen molar-refractivity contribution >= 4 is 0 Å². The second kappa shape index (κ2) is 2.75. The van der Waals surface area contributed by atoms with Gasteiger partial charge in [-0.1, -0.05) is 5.16 Å². The van der Waals surface area contributed by atoms with Gasteiger partial charge in [0, 0.05) is 17.5 Å². The van der Waals surface area contributed by atoms with Gasteiger partial charge in [0.15, 0.2) is 5.76 Å². The fourth-order valence-electron chi connectivity index (χ4n) is 2.62. The average molecular weight is 215 g/mol. The molecule has 4 nitrogen and oxygen atoms in total. The van der Waals surface area contributed by atoms with Crippen LogP contribution >= 0.6 is 0 Å². The standard InChI is InChI=1S/C12H13N3O/c1-7-4-9-11(8-2-3-8)14-16-12(9)10-5-13-6-15(7)10/h5-8H,2-4H2,1H3. The lowest BCUT2D eigenvalue weighted by Gasteiger charge is -2.20. The molecule has 1 fully saturated rings. The number of rotatable bonds is 1. The third-order valence-corrected chi connectivity index (χ3v) is 3.66. The fraction of sp³-hybridized carbons (Fsp3) is 0.500. The zero-order chi connectivity index (χ0) is 10.7. The maximum absolute atomic E-state index is 5.51. The minimum absolute atomic E-state index is 0.460. The van der Waals surface area contributed by atoms with Crippen LogP contribution in [0.3, 0.4) is 0 Å². The Bertz CT molecular complexity index is 550. The van der Waals surface area contributed by atoms with Crippen molar-refractivity contribution in [2.45, 2.75) is 38.1 Å². The van der Waals surface area contributed by atoms with Gasteiger partial charge in [0.25, 0.3) is 0 Å². The topological polar surface area (TPSA) is 43.9 Å². The summed E-state index contributed by atoms with van der Waals surface area (Å²) in [5.74, 6) is 1.60. The van der Waals surface area contributed by atoms with Crippen LogP contribution in [0.5, 0.6) is 0 Å². The minimum Gasteiger partial charge on any atom is -0.354 e. The Labute approximate surface area is 93.3 Å². The van der Waals surface area contributed by atoms with Gasteiger partial charge in [-0.05, 0) is 26.2 Å². The lowest BCUT2D eigenvalue weighted by Crippen LogP contribution is -2.14. The van der Waals surface area contributed by atoms with E-state index in [1.54, 1.807) is 0 Å². The number of hydrogen-bond donors (Lipinski definition) is 0. The van der Waals surface area contributed by atoms with E-state index in [9.17, 15) is 0 Å². The first-order valence-electron chi connectivity index (χ1n) is 5.85. The zero-order valence-electron chi connectivity index (χ0n) is 9.18. The van der Waals surface area contributed by atoms with E-state index in [-0.39, 0.29) is 0 Å². The van der Waals surface area contributed by atoms with Crippen LogP contribution in [0, 0.1) is 0 Å². The molecule has 1 unspecified atom stereocenters. The molecule has 4 rings (SSSR count). The Morgan fingerprint density at radius 3 is 3.12 bits per heavy atom. The van der Waals surface area contributed by atoms with Crippen LogP contribution in [-0.2, 0) is 6.42 Å². The second-order valence-corrected chi connectivity index (χ2v) is 4.89. The van der Waals surface area contributed by atoms with E-state index in [0.717, 1.165) is 17.9 Å². The maximum atomic E-state index is 5.51. The zero-order valence-corrected chi connectivity index (χ0v) is 9.18. The number of hydrogen-bond acceptors (Lipinski definition) is 3. The summed E-state index contributed by atoms with van der Waals surface area (Å²) in [6, 6.07) is 0.460. The number of imidazole rings is 1. The van der Waals surface area contributed by atoms with Crippen molar-refractivity contribution in [3.05, 3.63) is 23.8 Å². The van der Waals surface area contributed by atoms with Crippen LogP contribution in [0.1, 0.15) is 43.0 Å². The van der Waals surface area contributed by atoms with Gasteiger partial charge in [-0.15, -0.1) is 0 Å². The van der Waals surface area contributed by atoms with E-state index < -0.39 is 0 Å². The van der Waals surface area contributed by atoms with Crippen LogP contribution < -0.4 is 0 Å². The van der Waals surface area contributed by atoms with E-state index in [0.29, 0.717) is 12.0 Å². The molecular formula is C12H13N3O. The molecular weight excluding hydrogens is 202 g/mol. The van der Waals surface area contributed by atoms with E-state index in [1.165, 1.54) is 24.1 Å². The van der Waals surface area contributed by atoms with Crippen molar-refractivity contribution in [2.75, 3.05) is 0 Å². The van der Waals surface area contributed by atoms with Gasteiger partial charge in [-0.2, -0.15) is 0 Å². The van der Waals surface area contributed by atoms with Crippen LogP contribution in [0.2, 0.25) is 0 Å². The molecule has 3 heterocycles. The summed E-state index contributed by atoms with van der Waals surface area (Å²) in [5.41, 5.74) is 3.60. The molecule has 2 aliphatic rings. The van der Waals surface area contributed by atoms with Crippen molar-refractivity contribution in [1.82, 2.24) is 14.7 Å². The molecule has 0 aromatic carbocycles. The number of aromatic nitrogens is 3. The van der Waals surface area contributed by atoms with Crippen molar-refractivity contribution in [1.29, 1.82) is 0 Å². The van der Waals surface area contributed by atoms with Gasteiger partial charge in [0.2, 0.25) is 0 Å². The predicted molar refractivity (Wildman–Crippen MR) is 58.1 cm³/mol. The third kappa shape index (κ3) is 0.991. The highest BCUT2D eigenvalue weighted by molar-refractivity contribution is 5.60. The van der Waals surface area contributed by atoms with E-state index in [4.69, 9.17) is 4.52 Å². The molecule has 1 aliphatic carbocycles. The van der Waals surface area contributed by atoms with Crippen LogP contribution in [-0.4, -0.2) is 14.7 Å². The molecule has 2 aromatic heterocycles. The lowest BCUT2D eigenvalue weighted by molar-refractivity contribution is 0.413. The summed E-state index contributed by atoms with van der Waals surface area (Å²) < 4.78 is 7.68.